The molecule has 1 unspecified atom stereocenters. The molecule has 0 aromatic rings. The monoisotopic (exact) mass is 853 g/mol. The van der Waals surface area contributed by atoms with Gasteiger partial charge in [0.2, 0.25) is 0 Å². The molecule has 0 saturated heterocycles. The molecule has 0 aromatic heterocycles. The first-order valence-corrected chi connectivity index (χ1v) is 28.1. The van der Waals surface area contributed by atoms with E-state index in [9.17, 15) is 0 Å². The van der Waals surface area contributed by atoms with E-state index in [1.54, 1.807) is 0 Å². The van der Waals surface area contributed by atoms with Crippen LogP contribution in [-0.4, -0.2) is 18.0 Å². The van der Waals surface area contributed by atoms with Gasteiger partial charge in [0.25, 0.3) is 0 Å². The SMILES string of the molecule is CCCCCCCCCCCCCCCCCCC(CCCCCCCCCCCCCCCCCC)CCCCC(CCCCCCCCCC)OCCBr. The Morgan fingerprint density at radius 2 is 0.464 bits per heavy atom. The van der Waals surface area contributed by atoms with Crippen LogP contribution in [0.25, 0.3) is 0 Å². The van der Waals surface area contributed by atoms with Crippen molar-refractivity contribution in [2.45, 2.75) is 329 Å². The van der Waals surface area contributed by atoms with Crippen LogP contribution in [0.4, 0.5) is 0 Å². The van der Waals surface area contributed by atoms with Crippen LogP contribution in [0.2, 0.25) is 0 Å². The van der Waals surface area contributed by atoms with Crippen LogP contribution >= 0.6 is 15.9 Å². The quantitative estimate of drug-likeness (QED) is 0.0438. The zero-order valence-corrected chi connectivity index (χ0v) is 41.2. The maximum absolute atomic E-state index is 6.34. The average Bonchev–Trinajstić information content (AvgIpc) is 3.21. The van der Waals surface area contributed by atoms with Crippen molar-refractivity contribution in [3.8, 4) is 0 Å². The second kappa shape index (κ2) is 51.6. The van der Waals surface area contributed by atoms with E-state index in [1.165, 1.54) is 302 Å². The van der Waals surface area contributed by atoms with Crippen molar-refractivity contribution in [2.24, 2.45) is 5.92 Å². The van der Waals surface area contributed by atoms with E-state index in [2.05, 4.69) is 36.7 Å². The molecule has 0 aliphatic heterocycles. The third-order valence-corrected chi connectivity index (χ3v) is 13.5. The van der Waals surface area contributed by atoms with Crippen molar-refractivity contribution in [2.75, 3.05) is 11.9 Å². The normalized spacial score (nSPS) is 12.4. The summed E-state index contributed by atoms with van der Waals surface area (Å²) in [6.45, 7) is 7.83. The fraction of sp³-hybridized carbons (Fsp3) is 1.00. The lowest BCUT2D eigenvalue weighted by Gasteiger charge is -2.20. The van der Waals surface area contributed by atoms with Gasteiger partial charge < -0.3 is 4.74 Å². The van der Waals surface area contributed by atoms with E-state index in [1.807, 2.05) is 0 Å². The molecule has 0 aromatic carbocycles. The van der Waals surface area contributed by atoms with Gasteiger partial charge in [0.15, 0.2) is 0 Å². The molecule has 0 N–H and O–H groups in total. The van der Waals surface area contributed by atoms with E-state index >= 15 is 0 Å². The van der Waals surface area contributed by atoms with E-state index in [0.29, 0.717) is 6.10 Å². The Morgan fingerprint density at radius 1 is 0.268 bits per heavy atom. The van der Waals surface area contributed by atoms with Gasteiger partial charge in [-0.2, -0.15) is 0 Å². The van der Waals surface area contributed by atoms with Crippen molar-refractivity contribution < 1.29 is 4.74 Å². The first kappa shape index (κ1) is 56.4. The molecule has 1 atom stereocenters. The molecule has 0 amide bonds. The Labute approximate surface area is 365 Å². The first-order valence-electron chi connectivity index (χ1n) is 27.0. The molecule has 0 aliphatic rings. The summed E-state index contributed by atoms with van der Waals surface area (Å²) in [5, 5.41) is 0.974. The van der Waals surface area contributed by atoms with Gasteiger partial charge in [0.1, 0.15) is 0 Å². The van der Waals surface area contributed by atoms with Crippen molar-refractivity contribution in [1.29, 1.82) is 0 Å². The van der Waals surface area contributed by atoms with Gasteiger partial charge in [0.05, 0.1) is 12.7 Å². The predicted molar refractivity (Wildman–Crippen MR) is 261 cm³/mol. The predicted octanol–water partition coefficient (Wildman–Crippen LogP) is 20.8. The van der Waals surface area contributed by atoms with Gasteiger partial charge in [0, 0.05) is 5.33 Å². The highest BCUT2D eigenvalue weighted by atomic mass is 79.9. The van der Waals surface area contributed by atoms with Crippen molar-refractivity contribution in [3.05, 3.63) is 0 Å². The second-order valence-electron chi connectivity index (χ2n) is 18.8. The second-order valence-corrected chi connectivity index (χ2v) is 19.6. The zero-order chi connectivity index (χ0) is 40.5. The molecule has 0 saturated carbocycles. The number of hydrogen-bond acceptors (Lipinski definition) is 1. The maximum Gasteiger partial charge on any atom is 0.0575 e. The Bertz CT molecular complexity index is 629. The fourth-order valence-electron chi connectivity index (χ4n) is 9.23. The van der Waals surface area contributed by atoms with E-state index in [-0.39, 0.29) is 0 Å². The van der Waals surface area contributed by atoms with E-state index < -0.39 is 0 Å². The highest BCUT2D eigenvalue weighted by Gasteiger charge is 2.12. The number of hydrogen-bond donors (Lipinski definition) is 0. The minimum absolute atomic E-state index is 0.492. The van der Waals surface area contributed by atoms with E-state index in [4.69, 9.17) is 4.74 Å². The Balaban J connectivity index is 4.26. The highest BCUT2D eigenvalue weighted by Crippen LogP contribution is 2.26. The molecule has 0 radical (unpaired) electrons. The van der Waals surface area contributed by atoms with Crippen LogP contribution in [0.1, 0.15) is 323 Å². The van der Waals surface area contributed by atoms with Crippen LogP contribution < -0.4 is 0 Å². The summed E-state index contributed by atoms with van der Waals surface area (Å²) in [5.74, 6) is 0.975. The molecule has 2 heteroatoms. The van der Waals surface area contributed by atoms with Crippen molar-refractivity contribution >= 4 is 15.9 Å². The van der Waals surface area contributed by atoms with Gasteiger partial charge in [-0.3, -0.25) is 0 Å². The lowest BCUT2D eigenvalue weighted by Crippen LogP contribution is -2.15. The molecular weight excluding hydrogens is 744 g/mol. The highest BCUT2D eigenvalue weighted by molar-refractivity contribution is 9.09. The van der Waals surface area contributed by atoms with Crippen LogP contribution in [0.15, 0.2) is 0 Å². The first-order chi connectivity index (χ1) is 27.8. The fourth-order valence-corrected chi connectivity index (χ4v) is 9.42. The van der Waals surface area contributed by atoms with Crippen LogP contribution in [0, 0.1) is 5.92 Å². The number of rotatable bonds is 51. The molecule has 338 valence electrons. The standard InChI is InChI=1S/C54H109BrO/c1-4-7-10-13-16-19-21-23-25-27-29-31-33-35-38-41-46-53(47-42-39-36-34-32-30-28-26-24-22-20-17-14-11-8-5-2)48-44-45-50-54(56-52-51-55)49-43-40-37-18-15-12-9-6-3/h53-54H,4-52H2,1-3H3. The van der Waals surface area contributed by atoms with Gasteiger partial charge in [-0.05, 0) is 18.8 Å². The molecule has 0 heterocycles. The Kier molecular flexibility index (Phi) is 52.0. The van der Waals surface area contributed by atoms with Crippen molar-refractivity contribution in [1.82, 2.24) is 0 Å². The van der Waals surface area contributed by atoms with Gasteiger partial charge in [-0.25, -0.2) is 0 Å². The maximum atomic E-state index is 6.34. The number of halogens is 1. The number of alkyl halides is 1. The third-order valence-electron chi connectivity index (χ3n) is 13.1. The summed E-state index contributed by atoms with van der Waals surface area (Å²) in [5.41, 5.74) is 0. The number of unbranched alkanes of at least 4 members (excludes halogenated alkanes) is 38. The molecule has 56 heavy (non-hydrogen) atoms. The average molecular weight is 854 g/mol. The van der Waals surface area contributed by atoms with Crippen LogP contribution in [-0.2, 0) is 4.74 Å². The summed E-state index contributed by atoms with van der Waals surface area (Å²) >= 11 is 3.61. The van der Waals surface area contributed by atoms with Gasteiger partial charge in [-0.1, -0.05) is 326 Å². The van der Waals surface area contributed by atoms with Crippen LogP contribution in [0.5, 0.6) is 0 Å². The minimum atomic E-state index is 0.492. The molecule has 0 fully saturated rings. The number of ether oxygens (including phenoxy) is 1. The topological polar surface area (TPSA) is 9.23 Å². The Hall–Kier alpha value is 0.440. The summed E-state index contributed by atoms with van der Waals surface area (Å²) in [6.07, 6.45) is 68.7. The van der Waals surface area contributed by atoms with Gasteiger partial charge in [-0.15, -0.1) is 0 Å². The summed E-state index contributed by atoms with van der Waals surface area (Å²) in [6, 6.07) is 0. The molecule has 0 bridgehead atoms. The van der Waals surface area contributed by atoms with Gasteiger partial charge >= 0.3 is 0 Å². The molecule has 0 aliphatic carbocycles. The van der Waals surface area contributed by atoms with E-state index in [0.717, 1.165) is 17.9 Å². The van der Waals surface area contributed by atoms with Crippen molar-refractivity contribution in [3.63, 3.8) is 0 Å². The molecular formula is C54H109BrO. The molecule has 0 spiro atoms. The Morgan fingerprint density at radius 3 is 0.714 bits per heavy atom. The van der Waals surface area contributed by atoms with Crippen LogP contribution in [0.3, 0.4) is 0 Å². The lowest BCUT2D eigenvalue weighted by atomic mass is 9.89. The summed E-state index contributed by atoms with van der Waals surface area (Å²) in [4.78, 5) is 0. The zero-order valence-electron chi connectivity index (χ0n) is 39.6. The smallest absolute Gasteiger partial charge is 0.0575 e. The molecule has 0 rings (SSSR count). The third kappa shape index (κ3) is 47.1. The summed E-state index contributed by atoms with van der Waals surface area (Å²) in [7, 11) is 0. The minimum Gasteiger partial charge on any atom is -0.377 e. The summed E-state index contributed by atoms with van der Waals surface area (Å²) < 4.78 is 6.34. The lowest BCUT2D eigenvalue weighted by molar-refractivity contribution is 0.0489. The largest absolute Gasteiger partial charge is 0.377 e. The molecule has 1 nitrogen and oxygen atoms in total.